The third-order valence-electron chi connectivity index (χ3n) is 6.02. The Morgan fingerprint density at radius 3 is 2.56 bits per heavy atom. The second-order valence-electron chi connectivity index (χ2n) is 7.96. The van der Waals surface area contributed by atoms with Crippen molar-refractivity contribution in [2.24, 2.45) is 0 Å². The van der Waals surface area contributed by atoms with Crippen LogP contribution < -0.4 is 15.0 Å². The lowest BCUT2D eigenvalue weighted by molar-refractivity contribution is -0.117. The number of amides is 2. The van der Waals surface area contributed by atoms with E-state index in [0.29, 0.717) is 49.0 Å². The van der Waals surface area contributed by atoms with E-state index in [4.69, 9.17) is 21.1 Å². The number of carbonyl (C=O) groups excluding carboxylic acids is 2. The van der Waals surface area contributed by atoms with Gasteiger partial charge in [-0.3, -0.25) is 14.5 Å². The molecule has 0 aliphatic carbocycles. The van der Waals surface area contributed by atoms with Gasteiger partial charge in [-0.15, -0.1) is 0 Å². The molecule has 1 atom stereocenters. The summed E-state index contributed by atoms with van der Waals surface area (Å²) in [6.07, 6.45) is 1.31. The Morgan fingerprint density at radius 1 is 1.16 bits per heavy atom. The highest BCUT2D eigenvalue weighted by atomic mass is 35.5. The maximum absolute atomic E-state index is 13.0. The van der Waals surface area contributed by atoms with Gasteiger partial charge in [0.15, 0.2) is 0 Å². The van der Waals surface area contributed by atoms with Gasteiger partial charge in [0, 0.05) is 38.2 Å². The van der Waals surface area contributed by atoms with Crippen molar-refractivity contribution in [2.75, 3.05) is 51.4 Å². The zero-order valence-corrected chi connectivity index (χ0v) is 18.9. The van der Waals surface area contributed by atoms with Crippen molar-refractivity contribution >= 4 is 29.1 Å². The number of nitrogens with one attached hydrogen (secondary N) is 1. The van der Waals surface area contributed by atoms with Crippen molar-refractivity contribution in [3.05, 3.63) is 58.6 Å². The van der Waals surface area contributed by atoms with E-state index >= 15 is 0 Å². The zero-order valence-electron chi connectivity index (χ0n) is 18.2. The Morgan fingerprint density at radius 2 is 1.91 bits per heavy atom. The largest absolute Gasteiger partial charge is 0.497 e. The minimum Gasteiger partial charge on any atom is -0.497 e. The standard InChI is InChI=1S/C24H28ClN3O4/c1-31-19-7-4-17(5-8-19)22(27-11-13-32-14-12-27)16-26-24(30)18-6-9-20(25)21(15-18)28-10-2-3-23(28)29/h4-9,15,22H,2-3,10-14,16H2,1H3,(H,26,30). The fourth-order valence-electron chi connectivity index (χ4n) is 4.23. The van der Waals surface area contributed by atoms with Gasteiger partial charge in [-0.25, -0.2) is 0 Å². The molecule has 7 nitrogen and oxygen atoms in total. The number of anilines is 1. The molecule has 2 aliphatic heterocycles. The smallest absolute Gasteiger partial charge is 0.251 e. The zero-order chi connectivity index (χ0) is 22.5. The van der Waals surface area contributed by atoms with Crippen LogP contribution in [0.15, 0.2) is 42.5 Å². The molecule has 0 spiro atoms. The van der Waals surface area contributed by atoms with E-state index in [1.54, 1.807) is 30.2 Å². The second-order valence-corrected chi connectivity index (χ2v) is 8.37. The average molecular weight is 458 g/mol. The van der Waals surface area contributed by atoms with Crippen LogP contribution in [-0.4, -0.2) is 63.2 Å². The van der Waals surface area contributed by atoms with Crippen molar-refractivity contribution in [3.8, 4) is 5.75 Å². The number of rotatable bonds is 7. The third kappa shape index (κ3) is 5.06. The molecule has 2 aromatic carbocycles. The minimum absolute atomic E-state index is 0.0145. The van der Waals surface area contributed by atoms with Gasteiger partial charge >= 0.3 is 0 Å². The van der Waals surface area contributed by atoms with Gasteiger partial charge in [-0.1, -0.05) is 23.7 Å². The summed E-state index contributed by atoms with van der Waals surface area (Å²) in [5, 5.41) is 3.55. The molecular formula is C24H28ClN3O4. The fraction of sp³-hybridized carbons (Fsp3) is 0.417. The number of nitrogens with zero attached hydrogens (tertiary/aromatic N) is 2. The summed E-state index contributed by atoms with van der Waals surface area (Å²) in [6.45, 7) is 4.02. The molecule has 0 saturated carbocycles. The van der Waals surface area contributed by atoms with E-state index in [0.717, 1.165) is 30.8 Å². The number of carbonyl (C=O) groups is 2. The molecule has 2 aliphatic rings. The highest BCUT2D eigenvalue weighted by molar-refractivity contribution is 6.34. The molecule has 2 saturated heterocycles. The molecule has 2 fully saturated rings. The predicted molar refractivity (Wildman–Crippen MR) is 123 cm³/mol. The van der Waals surface area contributed by atoms with Crippen LogP contribution in [0.1, 0.15) is 34.8 Å². The Labute approximate surface area is 193 Å². The van der Waals surface area contributed by atoms with Gasteiger partial charge < -0.3 is 19.7 Å². The Kier molecular flexibility index (Phi) is 7.29. The molecule has 32 heavy (non-hydrogen) atoms. The van der Waals surface area contributed by atoms with E-state index in [1.165, 1.54) is 0 Å². The van der Waals surface area contributed by atoms with Crippen molar-refractivity contribution in [1.82, 2.24) is 10.2 Å². The summed E-state index contributed by atoms with van der Waals surface area (Å²) >= 11 is 6.33. The quantitative estimate of drug-likeness (QED) is 0.691. The van der Waals surface area contributed by atoms with E-state index in [-0.39, 0.29) is 17.9 Å². The topological polar surface area (TPSA) is 71.1 Å². The summed E-state index contributed by atoms with van der Waals surface area (Å²) in [7, 11) is 1.64. The lowest BCUT2D eigenvalue weighted by Crippen LogP contribution is -2.43. The molecule has 1 N–H and O–H groups in total. The van der Waals surface area contributed by atoms with Gasteiger partial charge in [0.05, 0.1) is 37.1 Å². The normalized spacial score (nSPS) is 17.9. The molecule has 170 valence electrons. The van der Waals surface area contributed by atoms with Crippen molar-refractivity contribution in [1.29, 1.82) is 0 Å². The molecule has 2 amide bonds. The molecule has 2 heterocycles. The Bertz CT molecular complexity index is 960. The van der Waals surface area contributed by atoms with Gasteiger partial charge in [0.25, 0.3) is 5.91 Å². The Balaban J connectivity index is 1.49. The Hall–Kier alpha value is -2.61. The first-order valence-electron chi connectivity index (χ1n) is 10.9. The monoisotopic (exact) mass is 457 g/mol. The minimum atomic E-state index is -0.193. The summed E-state index contributed by atoms with van der Waals surface area (Å²) in [4.78, 5) is 29.1. The van der Waals surface area contributed by atoms with E-state index < -0.39 is 0 Å². The highest BCUT2D eigenvalue weighted by Crippen LogP contribution is 2.30. The van der Waals surface area contributed by atoms with Crippen LogP contribution >= 0.6 is 11.6 Å². The maximum atomic E-state index is 13.0. The molecular weight excluding hydrogens is 430 g/mol. The molecule has 0 radical (unpaired) electrons. The highest BCUT2D eigenvalue weighted by Gasteiger charge is 2.26. The number of hydrogen-bond acceptors (Lipinski definition) is 5. The van der Waals surface area contributed by atoms with Crippen LogP contribution in [0.4, 0.5) is 5.69 Å². The molecule has 1 unspecified atom stereocenters. The molecule has 4 rings (SSSR count). The van der Waals surface area contributed by atoms with Crippen LogP contribution in [-0.2, 0) is 9.53 Å². The van der Waals surface area contributed by atoms with Crippen molar-refractivity contribution in [2.45, 2.75) is 18.9 Å². The van der Waals surface area contributed by atoms with Crippen LogP contribution in [0.2, 0.25) is 5.02 Å². The van der Waals surface area contributed by atoms with Gasteiger partial charge in [0.2, 0.25) is 5.91 Å². The maximum Gasteiger partial charge on any atom is 0.251 e. The van der Waals surface area contributed by atoms with Crippen LogP contribution in [0.5, 0.6) is 5.75 Å². The second kappa shape index (κ2) is 10.3. The lowest BCUT2D eigenvalue weighted by Gasteiger charge is -2.35. The van der Waals surface area contributed by atoms with E-state index in [1.807, 2.05) is 24.3 Å². The SMILES string of the molecule is COc1ccc(C(CNC(=O)c2ccc(Cl)c(N3CCCC3=O)c2)N2CCOCC2)cc1. The first-order valence-corrected chi connectivity index (χ1v) is 11.3. The van der Waals surface area contributed by atoms with Crippen LogP contribution in [0, 0.1) is 0 Å². The molecule has 0 bridgehead atoms. The summed E-state index contributed by atoms with van der Waals surface area (Å²) < 4.78 is 10.8. The van der Waals surface area contributed by atoms with Gasteiger partial charge in [0.1, 0.15) is 5.75 Å². The number of methoxy groups -OCH3 is 1. The first-order chi connectivity index (χ1) is 15.6. The summed E-state index contributed by atoms with van der Waals surface area (Å²) in [5.41, 5.74) is 2.19. The number of halogens is 1. The first kappa shape index (κ1) is 22.6. The third-order valence-corrected chi connectivity index (χ3v) is 6.34. The number of ether oxygens (including phenoxy) is 2. The summed E-state index contributed by atoms with van der Waals surface area (Å²) in [6, 6.07) is 13.0. The van der Waals surface area contributed by atoms with Gasteiger partial charge in [-0.05, 0) is 42.3 Å². The molecule has 2 aromatic rings. The number of benzene rings is 2. The van der Waals surface area contributed by atoms with Crippen molar-refractivity contribution in [3.63, 3.8) is 0 Å². The molecule has 0 aromatic heterocycles. The van der Waals surface area contributed by atoms with Gasteiger partial charge in [-0.2, -0.15) is 0 Å². The van der Waals surface area contributed by atoms with E-state index in [9.17, 15) is 9.59 Å². The predicted octanol–water partition coefficient (Wildman–Crippen LogP) is 3.28. The van der Waals surface area contributed by atoms with Crippen molar-refractivity contribution < 1.29 is 19.1 Å². The van der Waals surface area contributed by atoms with E-state index in [2.05, 4.69) is 10.2 Å². The number of morpholine rings is 1. The van der Waals surface area contributed by atoms with Crippen LogP contribution in [0.25, 0.3) is 0 Å². The fourth-order valence-corrected chi connectivity index (χ4v) is 4.45. The lowest BCUT2D eigenvalue weighted by atomic mass is 10.0. The average Bonchev–Trinajstić information content (AvgIpc) is 3.26. The molecule has 8 heteroatoms. The number of hydrogen-bond donors (Lipinski definition) is 1. The van der Waals surface area contributed by atoms with Crippen LogP contribution in [0.3, 0.4) is 0 Å². The summed E-state index contributed by atoms with van der Waals surface area (Å²) in [5.74, 6) is 0.640.